The lowest BCUT2D eigenvalue weighted by Crippen LogP contribution is -2.29. The lowest BCUT2D eigenvalue weighted by molar-refractivity contribution is 0.251. The lowest BCUT2D eigenvalue weighted by atomic mass is 9.92. The molecule has 2 N–H and O–H groups in total. The molecular formula is C26H27ClN6O2. The summed E-state index contributed by atoms with van der Waals surface area (Å²) in [7, 11) is 0. The van der Waals surface area contributed by atoms with Gasteiger partial charge in [0.25, 0.3) is 0 Å². The molecule has 0 atom stereocenters. The third-order valence-electron chi connectivity index (χ3n) is 5.23. The Balaban J connectivity index is 1.49. The zero-order chi connectivity index (χ0) is 25.0. The maximum atomic E-state index is 12.8. The Morgan fingerprint density at radius 3 is 2.46 bits per heavy atom. The Kier molecular flexibility index (Phi) is 7.02. The molecule has 0 saturated carbocycles. The van der Waals surface area contributed by atoms with Crippen molar-refractivity contribution in [3.05, 3.63) is 88.7 Å². The average Bonchev–Trinajstić information content (AvgIpc) is 3.25. The average molecular weight is 491 g/mol. The highest BCUT2D eigenvalue weighted by Gasteiger charge is 2.21. The van der Waals surface area contributed by atoms with Gasteiger partial charge in [-0.2, -0.15) is 5.10 Å². The van der Waals surface area contributed by atoms with Crippen molar-refractivity contribution in [3.63, 3.8) is 0 Å². The number of ether oxygens (including phenoxy) is 1. The molecule has 9 heteroatoms. The minimum Gasteiger partial charge on any atom is -0.437 e. The summed E-state index contributed by atoms with van der Waals surface area (Å²) in [5.74, 6) is 1.45. The summed E-state index contributed by atoms with van der Waals surface area (Å²) in [5.41, 5.74) is 3.49. The van der Waals surface area contributed by atoms with Gasteiger partial charge >= 0.3 is 6.03 Å². The molecule has 4 aromatic rings. The molecule has 0 fully saturated rings. The number of carbonyl (C=O) groups is 1. The second-order valence-corrected chi connectivity index (χ2v) is 9.51. The second-order valence-electron chi connectivity index (χ2n) is 9.12. The zero-order valence-corrected chi connectivity index (χ0v) is 20.8. The maximum absolute atomic E-state index is 12.8. The van der Waals surface area contributed by atoms with E-state index in [9.17, 15) is 4.79 Å². The first-order valence-corrected chi connectivity index (χ1v) is 11.5. The molecule has 2 amide bonds. The highest BCUT2D eigenvalue weighted by atomic mass is 35.5. The molecule has 2 heterocycles. The number of halogens is 1. The summed E-state index contributed by atoms with van der Waals surface area (Å²) < 4.78 is 7.57. The number of aromatic nitrogens is 4. The van der Waals surface area contributed by atoms with Crippen LogP contribution in [-0.4, -0.2) is 26.0 Å². The van der Waals surface area contributed by atoms with Gasteiger partial charge in [0.1, 0.15) is 11.6 Å². The predicted octanol–water partition coefficient (Wildman–Crippen LogP) is 6.04. The molecule has 2 aromatic heterocycles. The predicted molar refractivity (Wildman–Crippen MR) is 136 cm³/mol. The van der Waals surface area contributed by atoms with Crippen LogP contribution in [0, 0.1) is 6.92 Å². The summed E-state index contributed by atoms with van der Waals surface area (Å²) in [6.07, 6.45) is 0. The minimum absolute atomic E-state index is 0.177. The number of anilines is 1. The number of aryl methyl sites for hydroxylation is 1. The van der Waals surface area contributed by atoms with Gasteiger partial charge in [-0.05, 0) is 31.2 Å². The van der Waals surface area contributed by atoms with Crippen LogP contribution in [-0.2, 0) is 12.0 Å². The van der Waals surface area contributed by atoms with Gasteiger partial charge in [-0.15, -0.1) is 10.2 Å². The van der Waals surface area contributed by atoms with E-state index in [4.69, 9.17) is 21.4 Å². The highest BCUT2D eigenvalue weighted by Crippen LogP contribution is 2.27. The molecule has 0 aliphatic heterocycles. The van der Waals surface area contributed by atoms with Crippen LogP contribution in [0.2, 0.25) is 5.15 Å². The van der Waals surface area contributed by atoms with E-state index in [0.717, 1.165) is 22.5 Å². The Labute approximate surface area is 209 Å². The van der Waals surface area contributed by atoms with E-state index in [-0.39, 0.29) is 23.1 Å². The van der Waals surface area contributed by atoms with Crippen molar-refractivity contribution < 1.29 is 9.53 Å². The Morgan fingerprint density at radius 1 is 1.03 bits per heavy atom. The number of nitrogens with one attached hydrogen (secondary N) is 2. The van der Waals surface area contributed by atoms with E-state index in [1.54, 1.807) is 22.9 Å². The highest BCUT2D eigenvalue weighted by molar-refractivity contribution is 6.29. The summed E-state index contributed by atoms with van der Waals surface area (Å²) in [4.78, 5) is 12.8. The van der Waals surface area contributed by atoms with E-state index >= 15 is 0 Å². The van der Waals surface area contributed by atoms with Gasteiger partial charge in [-0.25, -0.2) is 9.48 Å². The molecular weight excluding hydrogens is 464 g/mol. The van der Waals surface area contributed by atoms with Crippen molar-refractivity contribution in [1.82, 2.24) is 25.3 Å². The van der Waals surface area contributed by atoms with E-state index in [2.05, 4.69) is 41.6 Å². The van der Waals surface area contributed by atoms with Gasteiger partial charge in [0, 0.05) is 29.7 Å². The number of nitrogens with zero attached hydrogens (tertiary/aromatic N) is 4. The van der Waals surface area contributed by atoms with Crippen LogP contribution < -0.4 is 15.4 Å². The summed E-state index contributed by atoms with van der Waals surface area (Å²) in [6.45, 7) is 8.52. The van der Waals surface area contributed by atoms with Crippen molar-refractivity contribution in [2.75, 3.05) is 5.32 Å². The Hall–Kier alpha value is -3.91. The van der Waals surface area contributed by atoms with Gasteiger partial charge in [-0.3, -0.25) is 5.32 Å². The third kappa shape index (κ3) is 6.16. The SMILES string of the molecule is Cc1ccc(-n2nc(C(C)(C)C)cc2NC(=O)NCc2ccccc2Oc2ccc(Cl)nn2)cc1. The molecule has 0 aliphatic carbocycles. The second kappa shape index (κ2) is 10.1. The molecule has 8 nitrogen and oxygen atoms in total. The van der Waals surface area contributed by atoms with Crippen LogP contribution in [0.3, 0.4) is 0 Å². The fourth-order valence-corrected chi connectivity index (χ4v) is 3.38. The van der Waals surface area contributed by atoms with Crippen LogP contribution in [0.15, 0.2) is 66.7 Å². The number of hydrogen-bond acceptors (Lipinski definition) is 5. The van der Waals surface area contributed by atoms with Crippen LogP contribution in [0.4, 0.5) is 10.6 Å². The van der Waals surface area contributed by atoms with Gasteiger partial charge in [-0.1, -0.05) is 68.3 Å². The number of carbonyl (C=O) groups excluding carboxylic acids is 1. The summed E-state index contributed by atoms with van der Waals surface area (Å²) in [6, 6.07) is 20.1. The number of urea groups is 1. The smallest absolute Gasteiger partial charge is 0.320 e. The van der Waals surface area contributed by atoms with Crippen molar-refractivity contribution in [1.29, 1.82) is 0 Å². The van der Waals surface area contributed by atoms with E-state index in [0.29, 0.717) is 17.4 Å². The molecule has 0 radical (unpaired) electrons. The Morgan fingerprint density at radius 2 is 1.77 bits per heavy atom. The fourth-order valence-electron chi connectivity index (χ4n) is 3.28. The van der Waals surface area contributed by atoms with Gasteiger partial charge < -0.3 is 10.1 Å². The van der Waals surface area contributed by atoms with Gasteiger partial charge in [0.2, 0.25) is 5.88 Å². The van der Waals surface area contributed by atoms with E-state index in [1.165, 1.54) is 0 Å². The molecule has 0 saturated heterocycles. The zero-order valence-electron chi connectivity index (χ0n) is 20.0. The quantitative estimate of drug-likeness (QED) is 0.344. The standard InChI is InChI=1S/C26H27ClN6O2/c1-17-9-11-19(12-10-17)33-23(15-21(32-33)26(2,3)4)29-25(34)28-16-18-7-5-6-8-20(18)35-24-14-13-22(27)30-31-24/h5-15H,16H2,1-4H3,(H2,28,29,34). The molecule has 0 spiro atoms. The molecule has 180 valence electrons. The van der Waals surface area contributed by atoms with Crippen LogP contribution >= 0.6 is 11.6 Å². The minimum atomic E-state index is -0.361. The number of benzene rings is 2. The number of rotatable bonds is 6. The van der Waals surface area contributed by atoms with E-state index < -0.39 is 0 Å². The van der Waals surface area contributed by atoms with Crippen LogP contribution in [0.25, 0.3) is 5.69 Å². The van der Waals surface area contributed by atoms with Crippen molar-refractivity contribution in [3.8, 4) is 17.3 Å². The largest absolute Gasteiger partial charge is 0.437 e. The molecule has 0 bridgehead atoms. The fraction of sp³-hybridized carbons (Fsp3) is 0.231. The van der Waals surface area contributed by atoms with Crippen LogP contribution in [0.1, 0.15) is 37.6 Å². The first kappa shape index (κ1) is 24.2. The third-order valence-corrected chi connectivity index (χ3v) is 5.43. The van der Waals surface area contributed by atoms with Crippen molar-refractivity contribution >= 4 is 23.4 Å². The lowest BCUT2D eigenvalue weighted by Gasteiger charge is -2.14. The Bertz CT molecular complexity index is 1310. The number of hydrogen-bond donors (Lipinski definition) is 2. The van der Waals surface area contributed by atoms with Gasteiger partial charge in [0.05, 0.1) is 11.4 Å². The van der Waals surface area contributed by atoms with E-state index in [1.807, 2.05) is 55.5 Å². The number of para-hydroxylation sites is 1. The monoisotopic (exact) mass is 490 g/mol. The molecule has 0 unspecified atom stereocenters. The summed E-state index contributed by atoms with van der Waals surface area (Å²) in [5, 5.41) is 18.6. The van der Waals surface area contributed by atoms with Crippen LogP contribution in [0.5, 0.6) is 11.6 Å². The van der Waals surface area contributed by atoms with Crippen molar-refractivity contribution in [2.24, 2.45) is 0 Å². The molecule has 2 aromatic carbocycles. The summed E-state index contributed by atoms with van der Waals surface area (Å²) >= 11 is 5.79. The maximum Gasteiger partial charge on any atom is 0.320 e. The molecule has 0 aliphatic rings. The molecule has 35 heavy (non-hydrogen) atoms. The first-order chi connectivity index (χ1) is 16.7. The first-order valence-electron chi connectivity index (χ1n) is 11.2. The van der Waals surface area contributed by atoms with Crippen molar-refractivity contribution in [2.45, 2.75) is 39.7 Å². The molecule has 4 rings (SSSR count). The van der Waals surface area contributed by atoms with Gasteiger partial charge in [0.15, 0.2) is 5.15 Å². The normalized spacial score (nSPS) is 11.2. The number of amides is 2. The topological polar surface area (TPSA) is 94.0 Å².